The molecule has 3 nitrogen and oxygen atoms in total. The van der Waals surface area contributed by atoms with E-state index in [0.717, 1.165) is 41.6 Å². The molecule has 0 N–H and O–H groups in total. The van der Waals surface area contributed by atoms with Crippen molar-refractivity contribution in [3.63, 3.8) is 0 Å². The van der Waals surface area contributed by atoms with Crippen LogP contribution in [0.1, 0.15) is 77.2 Å². The molecular formula is C23H32N2OS2. The molecule has 3 heterocycles. The molecule has 0 fully saturated rings. The highest BCUT2D eigenvalue weighted by Crippen LogP contribution is 2.40. The van der Waals surface area contributed by atoms with Gasteiger partial charge >= 0.3 is 0 Å². The number of hydrogen-bond acceptors (Lipinski definition) is 5. The van der Waals surface area contributed by atoms with Crippen LogP contribution in [0.3, 0.4) is 0 Å². The minimum atomic E-state index is 0.828. The Hall–Kier alpha value is -1.46. The van der Waals surface area contributed by atoms with Gasteiger partial charge in [-0.05, 0) is 24.5 Å². The number of rotatable bonds is 13. The zero-order valence-electron chi connectivity index (χ0n) is 17.2. The van der Waals surface area contributed by atoms with Gasteiger partial charge in [0.05, 0.1) is 11.5 Å². The van der Waals surface area contributed by atoms with E-state index in [1.165, 1.54) is 59.9 Å². The molecule has 0 amide bonds. The molecular weight excluding hydrogens is 384 g/mol. The number of hydrogen-bond donors (Lipinski definition) is 0. The standard InChI is InChI=1S/C23H32N2OS2/c1-3-5-6-7-8-9-10-11-13-26-22-15-20-19(28-22)14-21(27-20)23-24-16-18(12-4-2)17-25-23/h14-17H,3-13H2,1-2H3. The van der Waals surface area contributed by atoms with Crippen molar-refractivity contribution >= 4 is 32.1 Å². The summed E-state index contributed by atoms with van der Waals surface area (Å²) in [6.07, 6.45) is 16.7. The van der Waals surface area contributed by atoms with Crippen molar-refractivity contribution in [2.24, 2.45) is 0 Å². The molecule has 0 saturated carbocycles. The summed E-state index contributed by atoms with van der Waals surface area (Å²) in [6.45, 7) is 5.28. The first kappa shape index (κ1) is 21.3. The maximum atomic E-state index is 5.98. The number of thiophene rings is 2. The average Bonchev–Trinajstić information content (AvgIpc) is 3.26. The molecule has 0 radical (unpaired) electrons. The summed E-state index contributed by atoms with van der Waals surface area (Å²) in [7, 11) is 0. The number of nitrogens with zero attached hydrogens (tertiary/aromatic N) is 2. The van der Waals surface area contributed by atoms with Gasteiger partial charge in [0.1, 0.15) is 0 Å². The van der Waals surface area contributed by atoms with Gasteiger partial charge in [-0.1, -0.05) is 76.6 Å². The summed E-state index contributed by atoms with van der Waals surface area (Å²) in [4.78, 5) is 10.2. The number of aromatic nitrogens is 2. The minimum Gasteiger partial charge on any atom is -0.484 e. The highest BCUT2D eigenvalue weighted by atomic mass is 32.1. The molecule has 3 rings (SSSR count). The van der Waals surface area contributed by atoms with Gasteiger partial charge in [-0.25, -0.2) is 9.97 Å². The largest absolute Gasteiger partial charge is 0.484 e. The fourth-order valence-electron chi connectivity index (χ4n) is 3.30. The Bertz CT molecular complexity index is 791. The third-order valence-corrected chi connectivity index (χ3v) is 7.09. The van der Waals surface area contributed by atoms with E-state index < -0.39 is 0 Å². The summed E-state index contributed by atoms with van der Waals surface area (Å²) < 4.78 is 8.52. The van der Waals surface area contributed by atoms with Crippen LogP contribution in [0.15, 0.2) is 24.5 Å². The van der Waals surface area contributed by atoms with E-state index >= 15 is 0 Å². The zero-order chi connectivity index (χ0) is 19.6. The van der Waals surface area contributed by atoms with Gasteiger partial charge in [0.25, 0.3) is 0 Å². The molecule has 0 unspecified atom stereocenters. The zero-order valence-corrected chi connectivity index (χ0v) is 18.8. The van der Waals surface area contributed by atoms with Crippen molar-refractivity contribution in [1.82, 2.24) is 9.97 Å². The lowest BCUT2D eigenvalue weighted by Gasteiger charge is -2.03. The lowest BCUT2D eigenvalue weighted by Crippen LogP contribution is -1.95. The maximum Gasteiger partial charge on any atom is 0.175 e. The van der Waals surface area contributed by atoms with Crippen LogP contribution in [-0.4, -0.2) is 16.6 Å². The Balaban J connectivity index is 1.42. The van der Waals surface area contributed by atoms with Gasteiger partial charge < -0.3 is 4.74 Å². The fourth-order valence-corrected chi connectivity index (χ4v) is 5.51. The van der Waals surface area contributed by atoms with E-state index in [9.17, 15) is 0 Å². The normalized spacial score (nSPS) is 11.4. The summed E-state index contributed by atoms with van der Waals surface area (Å²) >= 11 is 3.49. The second-order valence-corrected chi connectivity index (χ2v) is 9.52. The van der Waals surface area contributed by atoms with Gasteiger partial charge in [-0.2, -0.15) is 0 Å². The average molecular weight is 417 g/mol. The molecule has 0 bridgehead atoms. The molecule has 0 saturated heterocycles. The van der Waals surface area contributed by atoms with Gasteiger partial charge in [-0.15, -0.1) is 11.3 Å². The van der Waals surface area contributed by atoms with Crippen LogP contribution in [0.5, 0.6) is 5.06 Å². The second-order valence-electron chi connectivity index (χ2n) is 7.39. The van der Waals surface area contributed by atoms with Crippen molar-refractivity contribution in [1.29, 1.82) is 0 Å². The molecule has 0 aliphatic heterocycles. The summed E-state index contributed by atoms with van der Waals surface area (Å²) in [5.74, 6) is 0.828. The molecule has 152 valence electrons. The number of fused-ring (bicyclic) bond motifs is 1. The highest BCUT2D eigenvalue weighted by molar-refractivity contribution is 7.30. The van der Waals surface area contributed by atoms with Crippen molar-refractivity contribution in [3.8, 4) is 15.8 Å². The number of aryl methyl sites for hydroxylation is 1. The van der Waals surface area contributed by atoms with Crippen molar-refractivity contribution in [2.75, 3.05) is 6.61 Å². The summed E-state index contributed by atoms with van der Waals surface area (Å²) in [6, 6.07) is 4.37. The van der Waals surface area contributed by atoms with E-state index in [0.29, 0.717) is 0 Å². The number of ether oxygens (including phenoxy) is 1. The van der Waals surface area contributed by atoms with Crippen molar-refractivity contribution < 1.29 is 4.74 Å². The molecule has 0 atom stereocenters. The molecule has 5 heteroatoms. The monoisotopic (exact) mass is 416 g/mol. The maximum absolute atomic E-state index is 5.98. The molecule has 0 aliphatic rings. The molecule has 0 spiro atoms. The molecule has 3 aromatic rings. The lowest BCUT2D eigenvalue weighted by atomic mass is 10.1. The highest BCUT2D eigenvalue weighted by Gasteiger charge is 2.11. The Morgan fingerprint density at radius 1 is 0.786 bits per heavy atom. The third-order valence-electron chi connectivity index (χ3n) is 4.89. The van der Waals surface area contributed by atoms with Crippen LogP contribution in [0, 0.1) is 0 Å². The van der Waals surface area contributed by atoms with Crippen molar-refractivity contribution in [3.05, 3.63) is 30.1 Å². The first-order valence-electron chi connectivity index (χ1n) is 10.8. The van der Waals surface area contributed by atoms with Crippen LogP contribution >= 0.6 is 22.7 Å². The first-order valence-corrected chi connectivity index (χ1v) is 12.4. The molecule has 0 aromatic carbocycles. The van der Waals surface area contributed by atoms with E-state index in [1.54, 1.807) is 22.7 Å². The van der Waals surface area contributed by atoms with E-state index in [2.05, 4.69) is 35.9 Å². The van der Waals surface area contributed by atoms with Crippen LogP contribution in [0.2, 0.25) is 0 Å². The molecule has 0 aliphatic carbocycles. The third kappa shape index (κ3) is 6.28. The van der Waals surface area contributed by atoms with Gasteiger partial charge in [0.2, 0.25) is 0 Å². The smallest absolute Gasteiger partial charge is 0.175 e. The molecule has 28 heavy (non-hydrogen) atoms. The van der Waals surface area contributed by atoms with Gasteiger partial charge in [0.15, 0.2) is 10.9 Å². The lowest BCUT2D eigenvalue weighted by molar-refractivity contribution is 0.313. The summed E-state index contributed by atoms with van der Waals surface area (Å²) in [5.41, 5.74) is 1.21. The predicted molar refractivity (Wildman–Crippen MR) is 123 cm³/mol. The van der Waals surface area contributed by atoms with Crippen molar-refractivity contribution in [2.45, 2.75) is 78.1 Å². The minimum absolute atomic E-state index is 0.828. The van der Waals surface area contributed by atoms with E-state index in [1.807, 2.05) is 12.4 Å². The SMILES string of the molecule is CCCCCCCCCCOc1cc2sc(-c3ncc(CCC)cn3)cc2s1. The number of unbranched alkanes of at least 4 members (excludes halogenated alkanes) is 7. The van der Waals surface area contributed by atoms with Crippen LogP contribution in [-0.2, 0) is 6.42 Å². The van der Waals surface area contributed by atoms with E-state index in [4.69, 9.17) is 4.74 Å². The van der Waals surface area contributed by atoms with Crippen LogP contribution < -0.4 is 4.74 Å². The Morgan fingerprint density at radius 2 is 1.46 bits per heavy atom. The Labute approximate surface area is 177 Å². The quantitative estimate of drug-likeness (QED) is 0.266. The van der Waals surface area contributed by atoms with Gasteiger partial charge in [-0.3, -0.25) is 0 Å². The second kappa shape index (κ2) is 11.5. The summed E-state index contributed by atoms with van der Waals surface area (Å²) in [5, 5.41) is 1.04. The Morgan fingerprint density at radius 3 is 2.14 bits per heavy atom. The topological polar surface area (TPSA) is 35.0 Å². The fraction of sp³-hybridized carbons (Fsp3) is 0.565. The first-order chi connectivity index (χ1) is 13.8. The van der Waals surface area contributed by atoms with Crippen LogP contribution in [0.4, 0.5) is 0 Å². The molecule has 3 aromatic heterocycles. The Kier molecular flexibility index (Phi) is 8.74. The van der Waals surface area contributed by atoms with E-state index in [-0.39, 0.29) is 0 Å². The van der Waals surface area contributed by atoms with Gasteiger partial charge in [0, 0.05) is 27.9 Å². The predicted octanol–water partition coefficient (Wildman–Crippen LogP) is 7.89. The van der Waals surface area contributed by atoms with Crippen LogP contribution in [0.25, 0.3) is 20.1 Å².